The Morgan fingerprint density at radius 3 is 1.59 bits per heavy atom. The van der Waals surface area contributed by atoms with Crippen LogP contribution in [0.1, 0.15) is 48.5 Å². The Balaban J connectivity index is 0.000000293. The minimum atomic E-state index is -0.636. The SMILES string of the molecule is CC(C)[C@H]1COC([C]2[CH][CH][CH][C]2P(c2ccccc2)c2ccccc2)=N1.C[C]1[C](C)[C](C)[C](C)[C]1C.[Fe+2]. The molecule has 0 unspecified atom stereocenters. The molecule has 2 saturated carbocycles. The number of ether oxygens (including phenoxy) is 1. The second kappa shape index (κ2) is 13.8. The van der Waals surface area contributed by atoms with Crippen molar-refractivity contribution >= 4 is 24.4 Å². The van der Waals surface area contributed by atoms with Crippen molar-refractivity contribution in [3.05, 3.63) is 121 Å². The Kier molecular flexibility index (Phi) is 11.3. The summed E-state index contributed by atoms with van der Waals surface area (Å²) in [5.74, 6) is 9.79. The van der Waals surface area contributed by atoms with Gasteiger partial charge < -0.3 is 4.74 Å². The Morgan fingerprint density at radius 1 is 0.730 bits per heavy atom. The fourth-order valence-electron chi connectivity index (χ4n) is 4.65. The van der Waals surface area contributed by atoms with Crippen molar-refractivity contribution in [1.29, 1.82) is 0 Å². The van der Waals surface area contributed by atoms with Gasteiger partial charge in [0.15, 0.2) is 5.90 Å². The molecule has 0 amide bonds. The third kappa shape index (κ3) is 6.90. The fraction of sp³-hybridized carbons (Fsp3) is 0.303. The predicted octanol–water partition coefficient (Wildman–Crippen LogP) is 7.28. The molecule has 1 atom stereocenters. The average Bonchev–Trinajstić information content (AvgIpc) is 3.61. The molecule has 10 radical (unpaired) electrons. The zero-order valence-corrected chi connectivity index (χ0v) is 25.0. The maximum absolute atomic E-state index is 5.99. The van der Waals surface area contributed by atoms with Gasteiger partial charge in [-0.05, 0) is 73.3 Å². The summed E-state index contributed by atoms with van der Waals surface area (Å²) < 4.78 is 5.99. The topological polar surface area (TPSA) is 21.6 Å². The van der Waals surface area contributed by atoms with Gasteiger partial charge in [-0.25, -0.2) is 4.99 Å². The molecule has 37 heavy (non-hydrogen) atoms. The minimum absolute atomic E-state index is 0. The van der Waals surface area contributed by atoms with E-state index in [1.807, 2.05) is 0 Å². The largest absolute Gasteiger partial charge is 2.00 e. The van der Waals surface area contributed by atoms with E-state index in [1.165, 1.54) is 45.9 Å². The first kappa shape index (κ1) is 30.4. The van der Waals surface area contributed by atoms with Crippen molar-refractivity contribution in [2.45, 2.75) is 54.5 Å². The Hall–Kier alpha value is -1.14. The van der Waals surface area contributed by atoms with E-state index in [0.29, 0.717) is 12.5 Å². The van der Waals surface area contributed by atoms with Gasteiger partial charge in [0.25, 0.3) is 0 Å². The summed E-state index contributed by atoms with van der Waals surface area (Å²) in [5.41, 5.74) is 1.32. The number of rotatable bonds is 5. The molecular weight excluding hydrogens is 513 g/mol. The molecule has 0 N–H and O–H groups in total. The van der Waals surface area contributed by atoms with E-state index in [2.05, 4.69) is 128 Å². The zero-order chi connectivity index (χ0) is 25.8. The van der Waals surface area contributed by atoms with E-state index in [-0.39, 0.29) is 23.1 Å². The third-order valence-electron chi connectivity index (χ3n) is 7.55. The van der Waals surface area contributed by atoms with Crippen LogP contribution >= 0.6 is 7.92 Å². The quantitative estimate of drug-likeness (QED) is 0.283. The molecule has 192 valence electrons. The molecule has 3 aliphatic rings. The number of hydrogen-bond donors (Lipinski definition) is 0. The first-order valence-electron chi connectivity index (χ1n) is 12.9. The first-order valence-corrected chi connectivity index (χ1v) is 14.2. The Labute approximate surface area is 238 Å². The second-order valence-corrected chi connectivity index (χ2v) is 12.2. The van der Waals surface area contributed by atoms with Gasteiger partial charge in [-0.15, -0.1) is 0 Å². The molecule has 2 aromatic rings. The van der Waals surface area contributed by atoms with Crippen molar-refractivity contribution in [3.8, 4) is 0 Å². The summed E-state index contributed by atoms with van der Waals surface area (Å²) in [6.45, 7) is 16.1. The first-order chi connectivity index (χ1) is 17.3. The molecule has 2 aliphatic carbocycles. The molecule has 0 spiro atoms. The van der Waals surface area contributed by atoms with Crippen molar-refractivity contribution in [1.82, 2.24) is 0 Å². The molecule has 4 heteroatoms. The summed E-state index contributed by atoms with van der Waals surface area (Å²) >= 11 is 0. The van der Waals surface area contributed by atoms with E-state index >= 15 is 0 Å². The predicted molar refractivity (Wildman–Crippen MR) is 155 cm³/mol. The Bertz CT molecular complexity index is 896. The minimum Gasteiger partial charge on any atom is -0.478 e. The number of benzene rings is 2. The van der Waals surface area contributed by atoms with Gasteiger partial charge in [0, 0.05) is 5.66 Å². The molecule has 0 bridgehead atoms. The van der Waals surface area contributed by atoms with Crippen LogP contribution < -0.4 is 10.6 Å². The molecule has 0 saturated heterocycles. The summed E-state index contributed by atoms with van der Waals surface area (Å²) in [4.78, 5) is 4.87. The van der Waals surface area contributed by atoms with Crippen LogP contribution in [0, 0.1) is 66.3 Å². The van der Waals surface area contributed by atoms with Crippen molar-refractivity contribution < 1.29 is 21.8 Å². The van der Waals surface area contributed by atoms with Gasteiger partial charge >= 0.3 is 17.1 Å². The standard InChI is InChI=1S/C23H23NOP.C10H15.Fe/c1-17(2)21-16-25-23(24-21)20-14-9-15-22(20)26(18-10-5-3-6-11-18)19-12-7-4-8-13-19;1-6-7(2)9(4)10(5)8(6)3;/h3-15,17,21H,16H2,1-2H3;1-5H3;/q;;+2/t21-;;/m1../s1. The summed E-state index contributed by atoms with van der Waals surface area (Å²) in [6.07, 6.45) is 6.51. The van der Waals surface area contributed by atoms with Gasteiger partial charge in [-0.3, -0.25) is 0 Å². The van der Waals surface area contributed by atoms with Crippen LogP contribution in [0.25, 0.3) is 0 Å². The van der Waals surface area contributed by atoms with Crippen molar-refractivity contribution in [2.75, 3.05) is 6.61 Å². The molecular formula is C33H38FeNOP+2. The van der Waals surface area contributed by atoms with Crippen LogP contribution in [-0.2, 0) is 21.8 Å². The molecule has 5 rings (SSSR count). The van der Waals surface area contributed by atoms with Gasteiger partial charge in [0.1, 0.15) is 6.61 Å². The summed E-state index contributed by atoms with van der Waals surface area (Å²) in [6, 6.07) is 21.8. The number of aliphatic imine (C=N–C) groups is 1. The van der Waals surface area contributed by atoms with Crippen LogP contribution in [0.4, 0.5) is 0 Å². The maximum atomic E-state index is 5.99. The molecule has 1 aliphatic heterocycles. The normalized spacial score (nSPS) is 22.7. The van der Waals surface area contributed by atoms with Gasteiger partial charge in [-0.2, -0.15) is 0 Å². The zero-order valence-electron chi connectivity index (χ0n) is 23.0. The molecule has 2 nitrogen and oxygen atoms in total. The van der Waals surface area contributed by atoms with E-state index in [4.69, 9.17) is 9.73 Å². The van der Waals surface area contributed by atoms with Crippen LogP contribution in [0.15, 0.2) is 65.7 Å². The van der Waals surface area contributed by atoms with Gasteiger partial charge in [0.2, 0.25) is 0 Å². The molecule has 2 aromatic carbocycles. The fourth-order valence-corrected chi connectivity index (χ4v) is 7.09. The summed E-state index contributed by atoms with van der Waals surface area (Å²) in [7, 11) is -0.636. The second-order valence-electron chi connectivity index (χ2n) is 10.0. The van der Waals surface area contributed by atoms with Crippen molar-refractivity contribution in [3.63, 3.8) is 0 Å². The van der Waals surface area contributed by atoms with Crippen LogP contribution in [0.2, 0.25) is 0 Å². The third-order valence-corrected chi connectivity index (χ3v) is 10.0. The molecule has 1 heterocycles. The maximum Gasteiger partial charge on any atom is 2.00 e. The van der Waals surface area contributed by atoms with Gasteiger partial charge in [0.05, 0.1) is 12.0 Å². The number of nitrogens with zero attached hydrogens (tertiary/aromatic N) is 1. The Morgan fingerprint density at radius 2 is 1.19 bits per heavy atom. The van der Waals surface area contributed by atoms with E-state index in [9.17, 15) is 0 Å². The van der Waals surface area contributed by atoms with Crippen molar-refractivity contribution in [2.24, 2.45) is 10.9 Å². The average molecular weight is 551 g/mol. The molecule has 2 fully saturated rings. The van der Waals surface area contributed by atoms with E-state index in [0.717, 1.165) is 11.8 Å². The van der Waals surface area contributed by atoms with Gasteiger partial charge in [-0.1, -0.05) is 109 Å². The summed E-state index contributed by atoms with van der Waals surface area (Å²) in [5, 5.41) is 2.69. The van der Waals surface area contributed by atoms with Crippen LogP contribution in [0.5, 0.6) is 0 Å². The van der Waals surface area contributed by atoms with E-state index in [1.54, 1.807) is 0 Å². The molecule has 0 aromatic heterocycles. The smallest absolute Gasteiger partial charge is 0.478 e. The monoisotopic (exact) mass is 551 g/mol. The number of hydrogen-bond acceptors (Lipinski definition) is 2. The van der Waals surface area contributed by atoms with Crippen LogP contribution in [-0.4, -0.2) is 18.5 Å². The van der Waals surface area contributed by atoms with Crippen LogP contribution in [0.3, 0.4) is 0 Å². The van der Waals surface area contributed by atoms with E-state index < -0.39 is 7.92 Å².